The summed E-state index contributed by atoms with van der Waals surface area (Å²) in [6.45, 7) is 1.30. The van der Waals surface area contributed by atoms with Crippen molar-refractivity contribution in [3.8, 4) is 0 Å². The lowest BCUT2D eigenvalue weighted by atomic mass is 10.2. The second-order valence-electron chi connectivity index (χ2n) is 3.82. The maximum atomic E-state index is 11.8. The molecule has 0 aromatic carbocycles. The van der Waals surface area contributed by atoms with Crippen LogP contribution in [0.3, 0.4) is 0 Å². The van der Waals surface area contributed by atoms with Gasteiger partial charge in [-0.15, -0.1) is 0 Å². The minimum atomic E-state index is -1.44. The monoisotopic (exact) mass is 244 g/mol. The molecule has 1 saturated carbocycles. The van der Waals surface area contributed by atoms with Gasteiger partial charge < -0.3 is 20.5 Å². The Morgan fingerprint density at radius 1 is 1.47 bits per heavy atom. The normalized spacial score (nSPS) is 16.1. The Morgan fingerprint density at radius 3 is 2.47 bits per heavy atom. The van der Waals surface area contributed by atoms with Crippen molar-refractivity contribution in [1.82, 2.24) is 4.90 Å². The number of nitrogens with two attached hydrogens (primary N) is 1. The summed E-state index contributed by atoms with van der Waals surface area (Å²) in [7, 11) is 0. The zero-order chi connectivity index (χ0) is 13.0. The van der Waals surface area contributed by atoms with Crippen LogP contribution in [0.15, 0.2) is 0 Å². The summed E-state index contributed by atoms with van der Waals surface area (Å²) >= 11 is 0. The third kappa shape index (κ3) is 3.70. The molecule has 0 bridgehead atoms. The van der Waals surface area contributed by atoms with Gasteiger partial charge >= 0.3 is 11.9 Å². The number of nitrogens with zero attached hydrogens (tertiary/aromatic N) is 1. The fraction of sp³-hybridized carbons (Fsp3) is 0.700. The van der Waals surface area contributed by atoms with Crippen molar-refractivity contribution < 1.29 is 24.2 Å². The van der Waals surface area contributed by atoms with Gasteiger partial charge in [-0.2, -0.15) is 0 Å². The van der Waals surface area contributed by atoms with Crippen molar-refractivity contribution in [3.63, 3.8) is 0 Å². The lowest BCUT2D eigenvalue weighted by Gasteiger charge is -2.22. The second-order valence-corrected chi connectivity index (χ2v) is 3.82. The van der Waals surface area contributed by atoms with E-state index in [1.165, 1.54) is 0 Å². The Morgan fingerprint density at radius 2 is 2.06 bits per heavy atom. The van der Waals surface area contributed by atoms with E-state index in [-0.39, 0.29) is 12.6 Å². The first-order valence-electron chi connectivity index (χ1n) is 5.41. The van der Waals surface area contributed by atoms with Crippen molar-refractivity contribution in [2.45, 2.75) is 31.8 Å². The van der Waals surface area contributed by atoms with E-state index < -0.39 is 30.4 Å². The first kappa shape index (κ1) is 13.4. The number of rotatable bonds is 6. The molecule has 0 heterocycles. The Hall–Kier alpha value is -1.63. The molecule has 1 aliphatic rings. The Balaban J connectivity index is 2.63. The lowest BCUT2D eigenvalue weighted by molar-refractivity contribution is -0.154. The van der Waals surface area contributed by atoms with Crippen LogP contribution in [0.1, 0.15) is 19.8 Å². The first-order valence-corrected chi connectivity index (χ1v) is 5.41. The minimum Gasteiger partial charge on any atom is -0.480 e. The van der Waals surface area contributed by atoms with E-state index in [0.29, 0.717) is 0 Å². The van der Waals surface area contributed by atoms with Crippen LogP contribution in [0.25, 0.3) is 0 Å². The van der Waals surface area contributed by atoms with Gasteiger partial charge in [-0.3, -0.25) is 9.59 Å². The molecular weight excluding hydrogens is 228 g/mol. The highest BCUT2D eigenvalue weighted by atomic mass is 16.5. The van der Waals surface area contributed by atoms with Crippen LogP contribution in [-0.4, -0.2) is 53.1 Å². The summed E-state index contributed by atoms with van der Waals surface area (Å²) < 4.78 is 4.62. The van der Waals surface area contributed by atoms with Gasteiger partial charge in [0.2, 0.25) is 0 Å². The molecule has 96 valence electrons. The van der Waals surface area contributed by atoms with Gasteiger partial charge in [-0.25, -0.2) is 4.79 Å². The van der Waals surface area contributed by atoms with Crippen LogP contribution in [0, 0.1) is 0 Å². The highest BCUT2D eigenvalue weighted by Crippen LogP contribution is 2.27. The SMILES string of the molecule is CCOC(=O)C(N)C(=O)N(CC(=O)O)C1CC1. The number of hydrogen-bond acceptors (Lipinski definition) is 5. The molecule has 0 aliphatic heterocycles. The predicted octanol–water partition coefficient (Wildman–Crippen LogP) is -1.05. The van der Waals surface area contributed by atoms with Crippen LogP contribution in [0.2, 0.25) is 0 Å². The Bertz CT molecular complexity index is 327. The van der Waals surface area contributed by atoms with Crippen LogP contribution in [0.4, 0.5) is 0 Å². The topological polar surface area (TPSA) is 110 Å². The van der Waals surface area contributed by atoms with Crippen molar-refractivity contribution in [1.29, 1.82) is 0 Å². The number of carbonyl (C=O) groups excluding carboxylic acids is 2. The molecule has 0 saturated heterocycles. The second kappa shape index (κ2) is 5.62. The first-order chi connectivity index (χ1) is 7.97. The smallest absolute Gasteiger partial charge is 0.332 e. The van der Waals surface area contributed by atoms with E-state index in [9.17, 15) is 14.4 Å². The maximum absolute atomic E-state index is 11.8. The molecule has 1 amide bonds. The standard InChI is InChI=1S/C10H16N2O5/c1-2-17-10(16)8(11)9(15)12(5-7(13)14)6-3-4-6/h6,8H,2-5,11H2,1H3,(H,13,14). The zero-order valence-corrected chi connectivity index (χ0v) is 9.59. The molecule has 1 rings (SSSR count). The molecule has 1 aliphatic carbocycles. The summed E-state index contributed by atoms with van der Waals surface area (Å²) in [6.07, 6.45) is 1.49. The summed E-state index contributed by atoms with van der Waals surface area (Å²) in [6, 6.07) is -1.55. The summed E-state index contributed by atoms with van der Waals surface area (Å²) in [5.41, 5.74) is 5.43. The number of carboxylic acids is 1. The van der Waals surface area contributed by atoms with Crippen LogP contribution < -0.4 is 5.73 Å². The summed E-state index contributed by atoms with van der Waals surface area (Å²) in [5, 5.41) is 8.68. The molecule has 17 heavy (non-hydrogen) atoms. The average molecular weight is 244 g/mol. The van der Waals surface area contributed by atoms with Crippen LogP contribution in [-0.2, 0) is 19.1 Å². The number of esters is 1. The molecule has 0 aromatic rings. The van der Waals surface area contributed by atoms with Crippen molar-refractivity contribution in [3.05, 3.63) is 0 Å². The molecule has 7 nitrogen and oxygen atoms in total. The fourth-order valence-electron chi connectivity index (χ4n) is 1.43. The summed E-state index contributed by atoms with van der Waals surface area (Å²) in [4.78, 5) is 34.8. The highest BCUT2D eigenvalue weighted by molar-refractivity contribution is 6.02. The molecule has 1 atom stereocenters. The molecule has 7 heteroatoms. The molecule has 3 N–H and O–H groups in total. The average Bonchev–Trinajstić information content (AvgIpc) is 3.07. The van der Waals surface area contributed by atoms with E-state index in [2.05, 4.69) is 4.74 Å². The van der Waals surface area contributed by atoms with E-state index >= 15 is 0 Å². The van der Waals surface area contributed by atoms with Gasteiger partial charge in [-0.1, -0.05) is 0 Å². The van der Waals surface area contributed by atoms with Crippen LogP contribution in [0.5, 0.6) is 0 Å². The van der Waals surface area contributed by atoms with Gasteiger partial charge in [0.1, 0.15) is 6.54 Å². The molecular formula is C10H16N2O5. The van der Waals surface area contributed by atoms with E-state index in [4.69, 9.17) is 10.8 Å². The van der Waals surface area contributed by atoms with Crippen LogP contribution >= 0.6 is 0 Å². The van der Waals surface area contributed by atoms with Crippen molar-refractivity contribution >= 4 is 17.8 Å². The quantitative estimate of drug-likeness (QED) is 0.456. The highest BCUT2D eigenvalue weighted by Gasteiger charge is 2.38. The number of aliphatic carboxylic acids is 1. The lowest BCUT2D eigenvalue weighted by Crippen LogP contribution is -2.51. The van der Waals surface area contributed by atoms with Gasteiger partial charge in [0.05, 0.1) is 6.61 Å². The maximum Gasteiger partial charge on any atom is 0.332 e. The molecule has 1 fully saturated rings. The van der Waals surface area contributed by atoms with E-state index in [1.807, 2.05) is 0 Å². The van der Waals surface area contributed by atoms with E-state index in [1.54, 1.807) is 6.92 Å². The van der Waals surface area contributed by atoms with Gasteiger partial charge in [0.25, 0.3) is 5.91 Å². The number of carbonyl (C=O) groups is 3. The minimum absolute atomic E-state index is 0.112. The largest absolute Gasteiger partial charge is 0.480 e. The Kier molecular flexibility index (Phi) is 4.45. The predicted molar refractivity (Wildman–Crippen MR) is 57.0 cm³/mol. The third-order valence-corrected chi connectivity index (χ3v) is 2.38. The number of amides is 1. The van der Waals surface area contributed by atoms with Gasteiger partial charge in [0.15, 0.2) is 6.04 Å². The van der Waals surface area contributed by atoms with Gasteiger partial charge in [-0.05, 0) is 19.8 Å². The number of ether oxygens (including phenoxy) is 1. The van der Waals surface area contributed by atoms with Crippen molar-refractivity contribution in [2.75, 3.05) is 13.2 Å². The van der Waals surface area contributed by atoms with Crippen molar-refractivity contribution in [2.24, 2.45) is 5.73 Å². The Labute approximate surface area is 98.5 Å². The van der Waals surface area contributed by atoms with E-state index in [0.717, 1.165) is 17.7 Å². The molecule has 1 unspecified atom stereocenters. The zero-order valence-electron chi connectivity index (χ0n) is 9.59. The number of hydrogen-bond donors (Lipinski definition) is 2. The van der Waals surface area contributed by atoms with Gasteiger partial charge in [0, 0.05) is 6.04 Å². The summed E-state index contributed by atoms with van der Waals surface area (Å²) in [5.74, 6) is -2.64. The molecule has 0 spiro atoms. The molecule has 0 aromatic heterocycles. The fourth-order valence-corrected chi connectivity index (χ4v) is 1.43. The molecule has 0 radical (unpaired) electrons. The number of carboxylic acid groups (broad SMARTS) is 1. The third-order valence-electron chi connectivity index (χ3n) is 2.38.